The van der Waals surface area contributed by atoms with E-state index in [2.05, 4.69) is 9.97 Å². The van der Waals surface area contributed by atoms with Gasteiger partial charge in [-0.25, -0.2) is 14.9 Å². The molecule has 0 unspecified atom stereocenters. The number of fused-ring (bicyclic) bond motifs is 1. The SMILES string of the molecule is COc1ccc2c(Oc3ccc(C(C)(C)C(=O)NO)cc3F)ccnc2n1. The lowest BCUT2D eigenvalue weighted by atomic mass is 9.84. The highest BCUT2D eigenvalue weighted by molar-refractivity contribution is 5.86. The fraction of sp³-hybridized carbons (Fsp3) is 0.211. The summed E-state index contributed by atoms with van der Waals surface area (Å²) in [6, 6.07) is 9.19. The van der Waals surface area contributed by atoms with E-state index in [-0.39, 0.29) is 5.75 Å². The average Bonchev–Trinajstić information content (AvgIpc) is 2.68. The third-order valence-corrected chi connectivity index (χ3v) is 4.29. The second-order valence-electron chi connectivity index (χ2n) is 6.35. The molecule has 0 aliphatic heterocycles. The Morgan fingerprint density at radius 1 is 1.19 bits per heavy atom. The van der Waals surface area contributed by atoms with Gasteiger partial charge in [0.2, 0.25) is 5.88 Å². The zero-order valence-corrected chi connectivity index (χ0v) is 15.0. The van der Waals surface area contributed by atoms with Crippen LogP contribution in [0.3, 0.4) is 0 Å². The molecule has 1 aromatic carbocycles. The molecular weight excluding hydrogens is 353 g/mol. The van der Waals surface area contributed by atoms with Crippen LogP contribution >= 0.6 is 0 Å². The van der Waals surface area contributed by atoms with Crippen molar-refractivity contribution in [3.8, 4) is 17.4 Å². The molecule has 0 fully saturated rings. The van der Waals surface area contributed by atoms with E-state index in [0.717, 1.165) is 0 Å². The number of halogens is 1. The minimum absolute atomic E-state index is 0.0118. The molecule has 0 spiro atoms. The number of hydrogen-bond donors (Lipinski definition) is 2. The van der Waals surface area contributed by atoms with Crippen molar-refractivity contribution < 1.29 is 23.9 Å². The van der Waals surface area contributed by atoms with Gasteiger partial charge in [0, 0.05) is 12.3 Å². The van der Waals surface area contributed by atoms with Gasteiger partial charge < -0.3 is 9.47 Å². The molecule has 3 aromatic rings. The van der Waals surface area contributed by atoms with Gasteiger partial charge >= 0.3 is 0 Å². The molecule has 1 amide bonds. The van der Waals surface area contributed by atoms with E-state index < -0.39 is 17.1 Å². The van der Waals surface area contributed by atoms with Gasteiger partial charge in [-0.1, -0.05) is 6.07 Å². The smallest absolute Gasteiger partial charge is 0.253 e. The lowest BCUT2D eigenvalue weighted by Crippen LogP contribution is -2.38. The fourth-order valence-electron chi connectivity index (χ4n) is 2.55. The van der Waals surface area contributed by atoms with Gasteiger partial charge in [0.05, 0.1) is 17.9 Å². The number of aromatic nitrogens is 2. The molecule has 2 N–H and O–H groups in total. The second-order valence-corrected chi connectivity index (χ2v) is 6.35. The molecule has 2 heterocycles. The highest BCUT2D eigenvalue weighted by Gasteiger charge is 2.30. The number of hydroxylamine groups is 1. The van der Waals surface area contributed by atoms with Crippen molar-refractivity contribution in [1.29, 1.82) is 0 Å². The van der Waals surface area contributed by atoms with Gasteiger partial charge in [-0.2, -0.15) is 4.98 Å². The van der Waals surface area contributed by atoms with Crippen LogP contribution < -0.4 is 15.0 Å². The van der Waals surface area contributed by atoms with Crippen LogP contribution in [0.1, 0.15) is 19.4 Å². The molecular formula is C19H18FN3O4. The van der Waals surface area contributed by atoms with Crippen molar-refractivity contribution >= 4 is 16.9 Å². The molecule has 0 bridgehead atoms. The van der Waals surface area contributed by atoms with Crippen molar-refractivity contribution in [1.82, 2.24) is 15.4 Å². The second kappa shape index (κ2) is 7.16. The monoisotopic (exact) mass is 371 g/mol. The molecule has 140 valence electrons. The Morgan fingerprint density at radius 2 is 1.96 bits per heavy atom. The van der Waals surface area contributed by atoms with Crippen molar-refractivity contribution in [2.75, 3.05) is 7.11 Å². The Hall–Kier alpha value is -3.26. The van der Waals surface area contributed by atoms with Crippen LogP contribution in [0, 0.1) is 5.82 Å². The lowest BCUT2D eigenvalue weighted by molar-refractivity contribution is -0.134. The molecule has 0 atom stereocenters. The molecule has 27 heavy (non-hydrogen) atoms. The highest BCUT2D eigenvalue weighted by atomic mass is 19.1. The van der Waals surface area contributed by atoms with Crippen LogP contribution in [0.2, 0.25) is 0 Å². The van der Waals surface area contributed by atoms with E-state index in [9.17, 15) is 9.18 Å². The zero-order valence-electron chi connectivity index (χ0n) is 15.0. The summed E-state index contributed by atoms with van der Waals surface area (Å²) in [7, 11) is 1.50. The minimum atomic E-state index is -1.11. The Bertz CT molecular complexity index is 1010. The predicted molar refractivity (Wildman–Crippen MR) is 95.5 cm³/mol. The first kappa shape index (κ1) is 18.5. The van der Waals surface area contributed by atoms with E-state index in [0.29, 0.717) is 28.2 Å². The zero-order chi connectivity index (χ0) is 19.6. The number of ether oxygens (including phenoxy) is 2. The van der Waals surface area contributed by atoms with Gasteiger partial charge in [0.15, 0.2) is 17.2 Å². The molecule has 0 saturated heterocycles. The number of nitrogens with zero attached hydrogens (tertiary/aromatic N) is 2. The van der Waals surface area contributed by atoms with Crippen LogP contribution in [-0.4, -0.2) is 28.2 Å². The quantitative estimate of drug-likeness (QED) is 0.528. The van der Waals surface area contributed by atoms with Crippen LogP contribution in [0.25, 0.3) is 11.0 Å². The molecule has 3 rings (SSSR count). The number of carbonyl (C=O) groups is 1. The summed E-state index contributed by atoms with van der Waals surface area (Å²) in [5.74, 6) is -0.503. The van der Waals surface area contributed by atoms with Crippen LogP contribution in [0.4, 0.5) is 4.39 Å². The van der Waals surface area contributed by atoms with Crippen molar-refractivity contribution in [3.63, 3.8) is 0 Å². The first-order valence-corrected chi connectivity index (χ1v) is 8.09. The van der Waals surface area contributed by atoms with Gasteiger partial charge in [-0.3, -0.25) is 10.0 Å². The third-order valence-electron chi connectivity index (χ3n) is 4.29. The van der Waals surface area contributed by atoms with Gasteiger partial charge in [0.25, 0.3) is 5.91 Å². The maximum atomic E-state index is 14.6. The van der Waals surface area contributed by atoms with E-state index in [4.69, 9.17) is 14.7 Å². The summed E-state index contributed by atoms with van der Waals surface area (Å²) in [4.78, 5) is 20.2. The summed E-state index contributed by atoms with van der Waals surface area (Å²) < 4.78 is 25.4. The third kappa shape index (κ3) is 3.52. The van der Waals surface area contributed by atoms with Crippen LogP contribution in [-0.2, 0) is 10.2 Å². The first-order valence-electron chi connectivity index (χ1n) is 8.09. The van der Waals surface area contributed by atoms with E-state index in [1.165, 1.54) is 25.4 Å². The van der Waals surface area contributed by atoms with E-state index >= 15 is 0 Å². The van der Waals surface area contributed by atoms with E-state index in [1.54, 1.807) is 43.6 Å². The van der Waals surface area contributed by atoms with Crippen molar-refractivity contribution in [3.05, 3.63) is 54.0 Å². The summed E-state index contributed by atoms with van der Waals surface area (Å²) in [5.41, 5.74) is 1.28. The number of nitrogens with one attached hydrogen (secondary N) is 1. The molecule has 2 aromatic heterocycles. The Kier molecular flexibility index (Phi) is 4.91. The number of methoxy groups -OCH3 is 1. The molecule has 8 heteroatoms. The molecule has 0 saturated carbocycles. The summed E-state index contributed by atoms with van der Waals surface area (Å²) in [6.07, 6.45) is 1.51. The van der Waals surface area contributed by atoms with Gasteiger partial charge in [0.1, 0.15) is 5.75 Å². The first-order chi connectivity index (χ1) is 12.9. The summed E-state index contributed by atoms with van der Waals surface area (Å²) in [6.45, 7) is 3.15. The number of benzene rings is 1. The minimum Gasteiger partial charge on any atom is -0.481 e. The summed E-state index contributed by atoms with van der Waals surface area (Å²) in [5, 5.41) is 9.45. The maximum Gasteiger partial charge on any atom is 0.253 e. The maximum absolute atomic E-state index is 14.6. The fourth-order valence-corrected chi connectivity index (χ4v) is 2.55. The number of rotatable bonds is 5. The van der Waals surface area contributed by atoms with Gasteiger partial charge in [-0.05, 0) is 43.7 Å². The van der Waals surface area contributed by atoms with E-state index in [1.807, 2.05) is 0 Å². The predicted octanol–water partition coefficient (Wildman–Crippen LogP) is 3.35. The topological polar surface area (TPSA) is 93.6 Å². The van der Waals surface area contributed by atoms with Gasteiger partial charge in [-0.15, -0.1) is 0 Å². The summed E-state index contributed by atoms with van der Waals surface area (Å²) >= 11 is 0. The number of pyridine rings is 2. The van der Waals surface area contributed by atoms with Crippen LogP contribution in [0.5, 0.6) is 17.4 Å². The molecule has 0 radical (unpaired) electrons. The molecule has 0 aliphatic carbocycles. The Labute approximate surface area is 154 Å². The Morgan fingerprint density at radius 3 is 2.63 bits per heavy atom. The highest BCUT2D eigenvalue weighted by Crippen LogP contribution is 2.33. The number of carbonyl (C=O) groups excluding carboxylic acids is 1. The Balaban J connectivity index is 1.95. The van der Waals surface area contributed by atoms with Crippen molar-refractivity contribution in [2.45, 2.75) is 19.3 Å². The molecule has 0 aliphatic rings. The average molecular weight is 371 g/mol. The van der Waals surface area contributed by atoms with Crippen molar-refractivity contribution in [2.24, 2.45) is 0 Å². The molecule has 7 nitrogen and oxygen atoms in total. The number of hydrogen-bond acceptors (Lipinski definition) is 6. The normalized spacial score (nSPS) is 11.3. The largest absolute Gasteiger partial charge is 0.481 e. The standard InChI is InChI=1S/C19H18FN3O4/c1-19(2,18(24)23-25)11-4-6-15(13(20)10-11)27-14-8-9-21-17-12(14)5-7-16(22-17)26-3/h4-10,25H,1-3H3,(H,23,24). The lowest BCUT2D eigenvalue weighted by Gasteiger charge is -2.22. The number of amides is 1. The van der Waals surface area contributed by atoms with Crippen LogP contribution in [0.15, 0.2) is 42.6 Å².